The van der Waals surface area contributed by atoms with Crippen molar-refractivity contribution in [2.45, 2.75) is 51.2 Å². The highest BCUT2D eigenvalue weighted by Gasteiger charge is 2.18. The van der Waals surface area contributed by atoms with E-state index >= 15 is 0 Å². The molecule has 1 saturated carbocycles. The predicted molar refractivity (Wildman–Crippen MR) is 58.9 cm³/mol. The Bertz CT molecular complexity index is 191. The quantitative estimate of drug-likeness (QED) is 0.652. The molecule has 80 valence electrons. The number of aliphatic hydroxyl groups excluding tert-OH is 1. The molecular weight excluding hydrogens is 174 g/mol. The van der Waals surface area contributed by atoms with Gasteiger partial charge in [0.15, 0.2) is 0 Å². The van der Waals surface area contributed by atoms with Crippen LogP contribution in [0.5, 0.6) is 0 Å². The summed E-state index contributed by atoms with van der Waals surface area (Å²) in [5.74, 6) is 3.34. The van der Waals surface area contributed by atoms with Crippen LogP contribution in [0.1, 0.15) is 39.0 Å². The van der Waals surface area contributed by atoms with Crippen molar-refractivity contribution in [2.24, 2.45) is 5.92 Å². The Morgan fingerprint density at radius 3 is 2.71 bits per heavy atom. The van der Waals surface area contributed by atoms with Gasteiger partial charge >= 0.3 is 0 Å². The fraction of sp³-hybridized carbons (Fsp3) is 0.833. The highest BCUT2D eigenvalue weighted by atomic mass is 16.3. The molecule has 1 aliphatic rings. The Morgan fingerprint density at radius 1 is 1.50 bits per heavy atom. The van der Waals surface area contributed by atoms with E-state index < -0.39 is 0 Å². The molecule has 2 heteroatoms. The SMILES string of the molecule is C#CC(C)NCC(O)CC1CCCC1. The second-order valence-electron chi connectivity index (χ2n) is 4.34. The standard InChI is InChI=1S/C12H21NO/c1-3-10(2)13-9-12(14)8-11-6-4-5-7-11/h1,10-14H,4-9H2,2H3. The molecule has 2 nitrogen and oxygen atoms in total. The molecule has 2 unspecified atom stereocenters. The van der Waals surface area contributed by atoms with Crippen LogP contribution in [-0.2, 0) is 0 Å². The van der Waals surface area contributed by atoms with E-state index in [4.69, 9.17) is 6.42 Å². The molecule has 2 atom stereocenters. The minimum atomic E-state index is -0.228. The molecule has 0 saturated heterocycles. The van der Waals surface area contributed by atoms with Crippen LogP contribution < -0.4 is 5.32 Å². The molecule has 14 heavy (non-hydrogen) atoms. The Hall–Kier alpha value is -0.520. The first-order chi connectivity index (χ1) is 6.72. The maximum atomic E-state index is 9.72. The Balaban J connectivity index is 2.09. The molecule has 0 amide bonds. The molecule has 0 aromatic carbocycles. The average molecular weight is 195 g/mol. The van der Waals surface area contributed by atoms with Crippen LogP contribution in [-0.4, -0.2) is 23.8 Å². The fourth-order valence-corrected chi connectivity index (χ4v) is 2.09. The van der Waals surface area contributed by atoms with Crippen molar-refractivity contribution >= 4 is 0 Å². The van der Waals surface area contributed by atoms with Gasteiger partial charge in [-0.3, -0.25) is 0 Å². The van der Waals surface area contributed by atoms with Gasteiger partial charge in [0.05, 0.1) is 12.1 Å². The van der Waals surface area contributed by atoms with Gasteiger partial charge in [-0.2, -0.15) is 0 Å². The van der Waals surface area contributed by atoms with Gasteiger partial charge in [-0.25, -0.2) is 0 Å². The number of terminal acetylenes is 1. The zero-order chi connectivity index (χ0) is 10.4. The maximum Gasteiger partial charge on any atom is 0.0667 e. The number of rotatable bonds is 5. The van der Waals surface area contributed by atoms with Crippen molar-refractivity contribution in [1.29, 1.82) is 0 Å². The molecule has 0 bridgehead atoms. The second-order valence-corrected chi connectivity index (χ2v) is 4.34. The molecule has 0 aromatic rings. The van der Waals surface area contributed by atoms with E-state index in [-0.39, 0.29) is 12.1 Å². The zero-order valence-corrected chi connectivity index (χ0v) is 9.00. The van der Waals surface area contributed by atoms with Gasteiger partial charge in [0.25, 0.3) is 0 Å². The van der Waals surface area contributed by atoms with E-state index in [1.54, 1.807) is 0 Å². The third-order valence-electron chi connectivity index (χ3n) is 2.99. The summed E-state index contributed by atoms with van der Waals surface area (Å²) in [4.78, 5) is 0. The normalized spacial score (nSPS) is 21.8. The van der Waals surface area contributed by atoms with Gasteiger partial charge in [0.1, 0.15) is 0 Å². The largest absolute Gasteiger partial charge is 0.392 e. The third kappa shape index (κ3) is 4.13. The molecular formula is C12H21NO. The summed E-state index contributed by atoms with van der Waals surface area (Å²) in [6, 6.07) is 0.0632. The molecule has 0 heterocycles. The van der Waals surface area contributed by atoms with Crippen LogP contribution in [0, 0.1) is 18.3 Å². The lowest BCUT2D eigenvalue weighted by Gasteiger charge is -2.17. The number of hydrogen-bond acceptors (Lipinski definition) is 2. The minimum Gasteiger partial charge on any atom is -0.392 e. The lowest BCUT2D eigenvalue weighted by molar-refractivity contribution is 0.139. The smallest absolute Gasteiger partial charge is 0.0667 e. The Labute approximate surface area is 87.1 Å². The molecule has 0 radical (unpaired) electrons. The van der Waals surface area contributed by atoms with E-state index in [0.29, 0.717) is 6.54 Å². The average Bonchev–Trinajstić information content (AvgIpc) is 2.66. The van der Waals surface area contributed by atoms with Crippen molar-refractivity contribution in [3.05, 3.63) is 0 Å². The Kier molecular flexibility index (Phi) is 5.00. The van der Waals surface area contributed by atoms with Crippen molar-refractivity contribution in [2.75, 3.05) is 6.54 Å². The van der Waals surface area contributed by atoms with Crippen LogP contribution in [0.15, 0.2) is 0 Å². The van der Waals surface area contributed by atoms with Gasteiger partial charge in [0.2, 0.25) is 0 Å². The maximum absolute atomic E-state index is 9.72. The van der Waals surface area contributed by atoms with Gasteiger partial charge in [-0.15, -0.1) is 6.42 Å². The molecule has 2 N–H and O–H groups in total. The van der Waals surface area contributed by atoms with Crippen molar-refractivity contribution in [3.63, 3.8) is 0 Å². The van der Waals surface area contributed by atoms with Crippen LogP contribution in [0.3, 0.4) is 0 Å². The van der Waals surface area contributed by atoms with Gasteiger partial charge in [-0.1, -0.05) is 31.6 Å². The first kappa shape index (κ1) is 11.6. The zero-order valence-electron chi connectivity index (χ0n) is 9.00. The number of nitrogens with one attached hydrogen (secondary N) is 1. The summed E-state index contributed by atoms with van der Waals surface area (Å²) in [5.41, 5.74) is 0. The number of hydrogen-bond donors (Lipinski definition) is 2. The van der Waals surface area contributed by atoms with E-state index in [1.807, 2.05) is 6.92 Å². The van der Waals surface area contributed by atoms with E-state index in [0.717, 1.165) is 12.3 Å². The monoisotopic (exact) mass is 195 g/mol. The minimum absolute atomic E-state index is 0.0632. The lowest BCUT2D eigenvalue weighted by Crippen LogP contribution is -2.33. The van der Waals surface area contributed by atoms with Crippen molar-refractivity contribution in [1.82, 2.24) is 5.32 Å². The molecule has 0 spiro atoms. The third-order valence-corrected chi connectivity index (χ3v) is 2.99. The van der Waals surface area contributed by atoms with Gasteiger partial charge in [0, 0.05) is 6.54 Å². The molecule has 0 aliphatic heterocycles. The van der Waals surface area contributed by atoms with E-state index in [9.17, 15) is 5.11 Å². The summed E-state index contributed by atoms with van der Waals surface area (Å²) < 4.78 is 0. The van der Waals surface area contributed by atoms with Gasteiger partial charge < -0.3 is 10.4 Å². The Morgan fingerprint density at radius 2 is 2.14 bits per heavy atom. The number of aliphatic hydroxyl groups is 1. The van der Waals surface area contributed by atoms with Crippen LogP contribution in [0.25, 0.3) is 0 Å². The van der Waals surface area contributed by atoms with Crippen molar-refractivity contribution in [3.8, 4) is 12.3 Å². The summed E-state index contributed by atoms with van der Waals surface area (Å²) in [5, 5.41) is 12.8. The lowest BCUT2D eigenvalue weighted by atomic mass is 10.00. The summed E-state index contributed by atoms with van der Waals surface area (Å²) >= 11 is 0. The highest BCUT2D eigenvalue weighted by molar-refractivity contribution is 4.95. The highest BCUT2D eigenvalue weighted by Crippen LogP contribution is 2.28. The molecule has 1 rings (SSSR count). The summed E-state index contributed by atoms with van der Waals surface area (Å²) in [7, 11) is 0. The van der Waals surface area contributed by atoms with Crippen molar-refractivity contribution < 1.29 is 5.11 Å². The van der Waals surface area contributed by atoms with Gasteiger partial charge in [-0.05, 0) is 19.3 Å². The fourth-order valence-electron chi connectivity index (χ4n) is 2.09. The van der Waals surface area contributed by atoms with Crippen LogP contribution in [0.2, 0.25) is 0 Å². The molecule has 0 aromatic heterocycles. The topological polar surface area (TPSA) is 32.3 Å². The second kappa shape index (κ2) is 6.06. The van der Waals surface area contributed by atoms with Crippen LogP contribution in [0.4, 0.5) is 0 Å². The molecule has 1 aliphatic carbocycles. The first-order valence-electron chi connectivity index (χ1n) is 5.60. The van der Waals surface area contributed by atoms with Crippen LogP contribution >= 0.6 is 0 Å². The van der Waals surface area contributed by atoms with E-state index in [1.165, 1.54) is 25.7 Å². The predicted octanol–water partition coefficient (Wildman–Crippen LogP) is 1.54. The summed E-state index contributed by atoms with van der Waals surface area (Å²) in [6.45, 7) is 2.56. The first-order valence-corrected chi connectivity index (χ1v) is 5.60. The summed E-state index contributed by atoms with van der Waals surface area (Å²) in [6.07, 6.45) is 11.2. The molecule has 1 fully saturated rings. The van der Waals surface area contributed by atoms with E-state index in [2.05, 4.69) is 11.2 Å².